The number of ether oxygens (including phenoxy) is 3. The van der Waals surface area contributed by atoms with Crippen LogP contribution in [0.2, 0.25) is 0 Å². The highest BCUT2D eigenvalue weighted by Gasteiger charge is 2.25. The molecule has 3 aromatic carbocycles. The molecule has 7 heteroatoms. The monoisotopic (exact) mass is 533 g/mol. The van der Waals surface area contributed by atoms with E-state index in [1.165, 1.54) is 0 Å². The Bertz CT molecular complexity index is 1300. The van der Waals surface area contributed by atoms with Crippen molar-refractivity contribution < 1.29 is 23.8 Å². The van der Waals surface area contributed by atoms with Crippen LogP contribution in [-0.2, 0) is 14.3 Å². The number of esters is 2. The molecular formula is C28H24BrNO5. The van der Waals surface area contributed by atoms with Crippen LogP contribution in [0.1, 0.15) is 37.8 Å². The van der Waals surface area contributed by atoms with Gasteiger partial charge in [-0.1, -0.05) is 49.4 Å². The Balaban J connectivity index is 1.60. The first kappa shape index (κ1) is 24.4. The first-order chi connectivity index (χ1) is 17.0. The fourth-order valence-electron chi connectivity index (χ4n) is 3.53. The molecule has 1 aliphatic heterocycles. The van der Waals surface area contributed by atoms with Gasteiger partial charge in [-0.25, -0.2) is 9.79 Å². The minimum atomic E-state index is -0.542. The van der Waals surface area contributed by atoms with Crippen molar-refractivity contribution >= 4 is 39.8 Å². The Morgan fingerprint density at radius 1 is 1.00 bits per heavy atom. The average Bonchev–Trinajstić information content (AvgIpc) is 3.22. The standard InChI is InChI=1S/C28H24BrNO5/c1-3-8-25(31)34-26-22(29)15-18(17-24(26)33-4-2)16-23-28(32)35-27(30-23)21-13-11-20(12-14-21)19-9-6-5-7-10-19/h5-7,9-17H,3-4,8H2,1-2H3/b23-16-. The summed E-state index contributed by atoms with van der Waals surface area (Å²) in [6, 6.07) is 21.1. The minimum absolute atomic E-state index is 0.164. The Hall–Kier alpha value is -3.71. The maximum absolute atomic E-state index is 12.5. The van der Waals surface area contributed by atoms with Gasteiger partial charge in [0.15, 0.2) is 17.2 Å². The van der Waals surface area contributed by atoms with E-state index in [1.54, 1.807) is 18.2 Å². The second-order valence-corrected chi connectivity index (χ2v) is 8.62. The second kappa shape index (κ2) is 11.1. The summed E-state index contributed by atoms with van der Waals surface area (Å²) in [6.07, 6.45) is 2.60. The van der Waals surface area contributed by atoms with Crippen molar-refractivity contribution in [1.29, 1.82) is 0 Å². The Morgan fingerprint density at radius 2 is 1.69 bits per heavy atom. The second-order valence-electron chi connectivity index (χ2n) is 7.77. The van der Waals surface area contributed by atoms with Crippen LogP contribution in [0.3, 0.4) is 0 Å². The summed E-state index contributed by atoms with van der Waals surface area (Å²) in [5.41, 5.74) is 3.67. The lowest BCUT2D eigenvalue weighted by Gasteiger charge is -2.13. The number of nitrogens with zero attached hydrogens (tertiary/aromatic N) is 1. The molecule has 1 aliphatic rings. The first-order valence-corrected chi connectivity index (χ1v) is 12.1. The summed E-state index contributed by atoms with van der Waals surface area (Å²) in [5.74, 6) is 0.0660. The van der Waals surface area contributed by atoms with Crippen LogP contribution in [0, 0.1) is 0 Å². The van der Waals surface area contributed by atoms with E-state index in [0.717, 1.165) is 11.1 Å². The van der Waals surface area contributed by atoms with Crippen molar-refractivity contribution in [3.05, 3.63) is 88.0 Å². The fourth-order valence-corrected chi connectivity index (χ4v) is 4.07. The van der Waals surface area contributed by atoms with E-state index in [1.807, 2.05) is 68.4 Å². The molecule has 0 amide bonds. The molecule has 0 fully saturated rings. The van der Waals surface area contributed by atoms with E-state index < -0.39 is 5.97 Å². The molecule has 0 aliphatic carbocycles. The zero-order valence-corrected chi connectivity index (χ0v) is 21.0. The molecule has 0 bridgehead atoms. The van der Waals surface area contributed by atoms with Gasteiger partial charge in [0.25, 0.3) is 0 Å². The molecule has 0 spiro atoms. The molecule has 35 heavy (non-hydrogen) atoms. The predicted octanol–water partition coefficient (Wildman–Crippen LogP) is 6.56. The lowest BCUT2D eigenvalue weighted by molar-refractivity contribution is -0.134. The molecule has 178 valence electrons. The van der Waals surface area contributed by atoms with Crippen LogP contribution in [0.15, 0.2) is 81.9 Å². The largest absolute Gasteiger partial charge is 0.490 e. The van der Waals surface area contributed by atoms with Gasteiger partial charge in [0.2, 0.25) is 5.90 Å². The van der Waals surface area contributed by atoms with Crippen molar-refractivity contribution in [1.82, 2.24) is 0 Å². The van der Waals surface area contributed by atoms with Crippen LogP contribution in [0.4, 0.5) is 0 Å². The Morgan fingerprint density at radius 3 is 2.37 bits per heavy atom. The minimum Gasteiger partial charge on any atom is -0.490 e. The lowest BCUT2D eigenvalue weighted by atomic mass is 10.0. The molecular weight excluding hydrogens is 510 g/mol. The third-order valence-corrected chi connectivity index (χ3v) is 5.75. The number of aliphatic imine (C=N–C) groups is 1. The van der Waals surface area contributed by atoms with Crippen molar-refractivity contribution in [2.75, 3.05) is 6.61 Å². The molecule has 0 aromatic heterocycles. The predicted molar refractivity (Wildman–Crippen MR) is 138 cm³/mol. The van der Waals surface area contributed by atoms with Gasteiger partial charge in [-0.15, -0.1) is 0 Å². The zero-order chi connectivity index (χ0) is 24.8. The number of halogens is 1. The van der Waals surface area contributed by atoms with E-state index in [4.69, 9.17) is 14.2 Å². The van der Waals surface area contributed by atoms with Gasteiger partial charge in [-0.05, 0) is 76.3 Å². The first-order valence-electron chi connectivity index (χ1n) is 11.3. The fraction of sp³-hybridized carbons (Fsp3) is 0.179. The Kier molecular flexibility index (Phi) is 7.77. The van der Waals surface area contributed by atoms with E-state index in [9.17, 15) is 9.59 Å². The molecule has 3 aromatic rings. The topological polar surface area (TPSA) is 74.2 Å². The Labute approximate surface area is 212 Å². The van der Waals surface area contributed by atoms with Crippen LogP contribution < -0.4 is 9.47 Å². The number of cyclic esters (lactones) is 1. The van der Waals surface area contributed by atoms with Gasteiger partial charge >= 0.3 is 11.9 Å². The van der Waals surface area contributed by atoms with E-state index in [-0.39, 0.29) is 17.6 Å². The van der Waals surface area contributed by atoms with E-state index in [0.29, 0.717) is 46.5 Å². The molecule has 1 heterocycles. The summed E-state index contributed by atoms with van der Waals surface area (Å²) in [5, 5.41) is 0. The lowest BCUT2D eigenvalue weighted by Crippen LogP contribution is -2.09. The number of carbonyl (C=O) groups excluding carboxylic acids is 2. The summed E-state index contributed by atoms with van der Waals surface area (Å²) in [4.78, 5) is 28.9. The molecule has 0 radical (unpaired) electrons. The van der Waals surface area contributed by atoms with Gasteiger partial charge in [-0.2, -0.15) is 0 Å². The van der Waals surface area contributed by atoms with Crippen molar-refractivity contribution in [3.63, 3.8) is 0 Å². The number of carbonyl (C=O) groups is 2. The quantitative estimate of drug-likeness (QED) is 0.186. The molecule has 0 N–H and O–H groups in total. The van der Waals surface area contributed by atoms with Crippen LogP contribution >= 0.6 is 15.9 Å². The average molecular weight is 534 g/mol. The maximum Gasteiger partial charge on any atom is 0.363 e. The molecule has 0 saturated carbocycles. The number of hydrogen-bond donors (Lipinski definition) is 0. The SMILES string of the molecule is CCCC(=O)Oc1c(Br)cc(/C=C2\N=C(c3ccc(-c4ccccc4)cc3)OC2=O)cc1OCC. The van der Waals surface area contributed by atoms with Gasteiger partial charge in [0.1, 0.15) is 0 Å². The number of hydrogen-bond acceptors (Lipinski definition) is 6. The highest BCUT2D eigenvalue weighted by molar-refractivity contribution is 9.10. The van der Waals surface area contributed by atoms with Gasteiger partial charge < -0.3 is 14.2 Å². The molecule has 6 nitrogen and oxygen atoms in total. The summed E-state index contributed by atoms with van der Waals surface area (Å²) in [7, 11) is 0. The highest BCUT2D eigenvalue weighted by atomic mass is 79.9. The van der Waals surface area contributed by atoms with E-state index in [2.05, 4.69) is 20.9 Å². The summed E-state index contributed by atoms with van der Waals surface area (Å²) < 4.78 is 17.1. The molecule has 0 saturated heterocycles. The van der Waals surface area contributed by atoms with Crippen LogP contribution in [0.25, 0.3) is 17.2 Å². The molecule has 0 atom stereocenters. The zero-order valence-electron chi connectivity index (χ0n) is 19.4. The van der Waals surface area contributed by atoms with Crippen LogP contribution in [-0.4, -0.2) is 24.4 Å². The van der Waals surface area contributed by atoms with Crippen molar-refractivity contribution in [2.45, 2.75) is 26.7 Å². The highest BCUT2D eigenvalue weighted by Crippen LogP contribution is 2.38. The number of rotatable bonds is 8. The van der Waals surface area contributed by atoms with Gasteiger partial charge in [0, 0.05) is 12.0 Å². The van der Waals surface area contributed by atoms with Crippen LogP contribution in [0.5, 0.6) is 11.5 Å². The molecule has 4 rings (SSSR count). The van der Waals surface area contributed by atoms with Crippen molar-refractivity contribution in [3.8, 4) is 22.6 Å². The molecule has 0 unspecified atom stereocenters. The van der Waals surface area contributed by atoms with E-state index >= 15 is 0 Å². The smallest absolute Gasteiger partial charge is 0.363 e. The third-order valence-electron chi connectivity index (χ3n) is 5.16. The van der Waals surface area contributed by atoms with Crippen molar-refractivity contribution in [2.24, 2.45) is 4.99 Å². The summed E-state index contributed by atoms with van der Waals surface area (Å²) in [6.45, 7) is 4.13. The third kappa shape index (κ3) is 5.87. The normalized spacial score (nSPS) is 14.0. The summed E-state index contributed by atoms with van der Waals surface area (Å²) >= 11 is 3.45. The maximum atomic E-state index is 12.5. The van der Waals surface area contributed by atoms with Gasteiger partial charge in [0.05, 0.1) is 11.1 Å². The van der Waals surface area contributed by atoms with Gasteiger partial charge in [-0.3, -0.25) is 4.79 Å². The number of benzene rings is 3.